The summed E-state index contributed by atoms with van der Waals surface area (Å²) in [4.78, 5) is 30.8. The lowest BCUT2D eigenvalue weighted by Gasteiger charge is -2.34. The van der Waals surface area contributed by atoms with Crippen molar-refractivity contribution in [3.05, 3.63) is 0 Å². The molecule has 0 saturated carbocycles. The second kappa shape index (κ2) is 12.3. The molecule has 0 atom stereocenters. The highest BCUT2D eigenvalue weighted by molar-refractivity contribution is 14.0. The zero-order valence-electron chi connectivity index (χ0n) is 16.8. The van der Waals surface area contributed by atoms with Crippen molar-refractivity contribution in [3.8, 4) is 0 Å². The van der Waals surface area contributed by atoms with E-state index in [0.717, 1.165) is 38.4 Å². The van der Waals surface area contributed by atoms with Crippen molar-refractivity contribution in [2.45, 2.75) is 47.5 Å². The second-order valence-electron chi connectivity index (χ2n) is 6.93. The molecule has 1 saturated heterocycles. The maximum atomic E-state index is 12.1. The van der Waals surface area contributed by atoms with Crippen molar-refractivity contribution in [1.82, 2.24) is 15.5 Å². The maximum absolute atomic E-state index is 12.1. The Labute approximate surface area is 174 Å². The third-order valence-electron chi connectivity index (χ3n) is 4.33. The molecule has 0 unspecified atom stereocenters. The fourth-order valence-electron chi connectivity index (χ4n) is 2.76. The number of guanidine groups is 1. The SMILES string of the molecule is CCNC(=O)C(C)(C)CN=C(NCC)N1CCC(C(=O)OCC)CC1.I. The lowest BCUT2D eigenvalue weighted by molar-refractivity contribution is -0.149. The molecule has 0 spiro atoms. The van der Waals surface area contributed by atoms with Crippen LogP contribution in [0, 0.1) is 11.3 Å². The van der Waals surface area contributed by atoms with Crippen molar-refractivity contribution < 1.29 is 14.3 Å². The minimum atomic E-state index is -0.556. The van der Waals surface area contributed by atoms with E-state index in [0.29, 0.717) is 19.7 Å². The molecule has 8 heteroatoms. The lowest BCUT2D eigenvalue weighted by Crippen LogP contribution is -2.47. The molecule has 1 rings (SSSR count). The van der Waals surface area contributed by atoms with Crippen molar-refractivity contribution in [3.63, 3.8) is 0 Å². The number of carbonyl (C=O) groups is 2. The number of rotatable bonds is 7. The predicted octanol–water partition coefficient (Wildman–Crippen LogP) is 2.01. The van der Waals surface area contributed by atoms with Crippen molar-refractivity contribution >= 4 is 41.8 Å². The van der Waals surface area contributed by atoms with E-state index in [2.05, 4.69) is 20.5 Å². The average Bonchev–Trinajstić information content (AvgIpc) is 2.59. The van der Waals surface area contributed by atoms with Gasteiger partial charge < -0.3 is 20.3 Å². The topological polar surface area (TPSA) is 83.0 Å². The number of carbonyl (C=O) groups excluding carboxylic acids is 2. The molecule has 152 valence electrons. The first-order chi connectivity index (χ1) is 11.9. The van der Waals surface area contributed by atoms with Gasteiger partial charge in [-0.3, -0.25) is 14.6 Å². The van der Waals surface area contributed by atoms with Gasteiger partial charge in [0.1, 0.15) is 0 Å². The number of aliphatic imine (C=N–C) groups is 1. The molecule has 0 aromatic heterocycles. The Morgan fingerprint density at radius 3 is 2.19 bits per heavy atom. The van der Waals surface area contributed by atoms with E-state index >= 15 is 0 Å². The van der Waals surface area contributed by atoms with Crippen LogP contribution in [0.4, 0.5) is 0 Å². The van der Waals surface area contributed by atoms with Crippen LogP contribution in [-0.2, 0) is 14.3 Å². The van der Waals surface area contributed by atoms with Gasteiger partial charge in [0.2, 0.25) is 5.91 Å². The van der Waals surface area contributed by atoms with Crippen LogP contribution >= 0.6 is 24.0 Å². The van der Waals surface area contributed by atoms with E-state index in [1.165, 1.54) is 0 Å². The standard InChI is InChI=1S/C18H34N4O3.HI/c1-6-19-16(24)18(4,5)13-21-17(20-7-2)22-11-9-14(10-12-22)15(23)25-8-3;/h14H,6-13H2,1-5H3,(H,19,24)(H,20,21);1H. The lowest BCUT2D eigenvalue weighted by atomic mass is 9.92. The van der Waals surface area contributed by atoms with Crippen molar-refractivity contribution in [1.29, 1.82) is 0 Å². The van der Waals surface area contributed by atoms with E-state index < -0.39 is 5.41 Å². The highest BCUT2D eigenvalue weighted by Gasteiger charge is 2.29. The number of hydrogen-bond acceptors (Lipinski definition) is 4. The Hall–Kier alpha value is -1.06. The summed E-state index contributed by atoms with van der Waals surface area (Å²) in [5, 5.41) is 6.15. The summed E-state index contributed by atoms with van der Waals surface area (Å²) in [6.07, 6.45) is 1.53. The number of nitrogens with one attached hydrogen (secondary N) is 2. The van der Waals surface area contributed by atoms with Gasteiger partial charge in [-0.05, 0) is 47.5 Å². The fourth-order valence-corrected chi connectivity index (χ4v) is 2.76. The average molecular weight is 482 g/mol. The number of likely N-dealkylation sites (tertiary alicyclic amines) is 1. The van der Waals surface area contributed by atoms with Crippen LogP contribution in [0.15, 0.2) is 4.99 Å². The van der Waals surface area contributed by atoms with Crippen molar-refractivity contribution in [2.75, 3.05) is 39.3 Å². The molecule has 0 aromatic rings. The van der Waals surface area contributed by atoms with Gasteiger partial charge in [0.25, 0.3) is 0 Å². The van der Waals surface area contributed by atoms with Gasteiger partial charge >= 0.3 is 5.97 Å². The molecule has 2 N–H and O–H groups in total. The third kappa shape index (κ3) is 7.67. The van der Waals surface area contributed by atoms with Gasteiger partial charge in [-0.15, -0.1) is 24.0 Å². The highest BCUT2D eigenvalue weighted by Crippen LogP contribution is 2.20. The largest absolute Gasteiger partial charge is 0.466 e. The summed E-state index contributed by atoms with van der Waals surface area (Å²) < 4.78 is 5.12. The number of amides is 1. The smallest absolute Gasteiger partial charge is 0.309 e. The van der Waals surface area contributed by atoms with E-state index in [1.54, 1.807) is 0 Å². The van der Waals surface area contributed by atoms with E-state index in [4.69, 9.17) is 4.74 Å². The molecule has 1 aliphatic rings. The summed E-state index contributed by atoms with van der Waals surface area (Å²) >= 11 is 0. The Kier molecular flexibility index (Phi) is 11.8. The predicted molar refractivity (Wildman–Crippen MR) is 115 cm³/mol. The van der Waals surface area contributed by atoms with Crippen LogP contribution in [-0.4, -0.2) is 62.1 Å². The Morgan fingerprint density at radius 2 is 1.69 bits per heavy atom. The van der Waals surface area contributed by atoms with Gasteiger partial charge in [-0.2, -0.15) is 0 Å². The zero-order chi connectivity index (χ0) is 18.9. The first kappa shape index (κ1) is 24.9. The molecule has 0 aliphatic carbocycles. The summed E-state index contributed by atoms with van der Waals surface area (Å²) in [5.41, 5.74) is -0.556. The van der Waals surface area contributed by atoms with Crippen LogP contribution in [0.5, 0.6) is 0 Å². The normalized spacial score (nSPS) is 15.9. The highest BCUT2D eigenvalue weighted by atomic mass is 127. The first-order valence-corrected chi connectivity index (χ1v) is 9.33. The van der Waals surface area contributed by atoms with Crippen LogP contribution in [0.2, 0.25) is 0 Å². The summed E-state index contributed by atoms with van der Waals surface area (Å²) in [6.45, 7) is 13.3. The molecule has 26 heavy (non-hydrogen) atoms. The second-order valence-corrected chi connectivity index (χ2v) is 6.93. The zero-order valence-corrected chi connectivity index (χ0v) is 19.1. The maximum Gasteiger partial charge on any atom is 0.309 e. The van der Waals surface area contributed by atoms with Crippen molar-refractivity contribution in [2.24, 2.45) is 16.3 Å². The number of ether oxygens (including phenoxy) is 1. The van der Waals surface area contributed by atoms with E-state index in [-0.39, 0.29) is 41.8 Å². The molecule has 1 aliphatic heterocycles. The molecule has 1 fully saturated rings. The molecular formula is C18H35IN4O3. The van der Waals surface area contributed by atoms with Gasteiger partial charge in [0.05, 0.1) is 24.5 Å². The van der Waals surface area contributed by atoms with Crippen LogP contribution in [0.3, 0.4) is 0 Å². The number of nitrogens with zero attached hydrogens (tertiary/aromatic N) is 2. The molecule has 0 aromatic carbocycles. The number of esters is 1. The molecule has 1 amide bonds. The monoisotopic (exact) mass is 482 g/mol. The minimum Gasteiger partial charge on any atom is -0.466 e. The van der Waals surface area contributed by atoms with E-state index in [9.17, 15) is 9.59 Å². The summed E-state index contributed by atoms with van der Waals surface area (Å²) in [6, 6.07) is 0. The van der Waals surface area contributed by atoms with Crippen LogP contribution < -0.4 is 10.6 Å². The Balaban J connectivity index is 0.00000625. The van der Waals surface area contributed by atoms with Crippen LogP contribution in [0.1, 0.15) is 47.5 Å². The molecule has 7 nitrogen and oxygen atoms in total. The molecule has 1 heterocycles. The molecule has 0 bridgehead atoms. The number of piperidine rings is 1. The number of halogens is 1. The van der Waals surface area contributed by atoms with Gasteiger partial charge in [0.15, 0.2) is 5.96 Å². The summed E-state index contributed by atoms with van der Waals surface area (Å²) in [7, 11) is 0. The first-order valence-electron chi connectivity index (χ1n) is 9.33. The van der Waals surface area contributed by atoms with Gasteiger partial charge in [-0.1, -0.05) is 0 Å². The van der Waals surface area contributed by atoms with Gasteiger partial charge in [-0.25, -0.2) is 0 Å². The van der Waals surface area contributed by atoms with Gasteiger partial charge in [0, 0.05) is 26.2 Å². The third-order valence-corrected chi connectivity index (χ3v) is 4.33. The summed E-state index contributed by atoms with van der Waals surface area (Å²) in [5.74, 6) is 0.699. The van der Waals surface area contributed by atoms with Crippen LogP contribution in [0.25, 0.3) is 0 Å². The molecular weight excluding hydrogens is 447 g/mol. The number of hydrogen-bond donors (Lipinski definition) is 2. The van der Waals surface area contributed by atoms with E-state index in [1.807, 2.05) is 34.6 Å². The quantitative estimate of drug-likeness (QED) is 0.251. The molecule has 0 radical (unpaired) electrons. The fraction of sp³-hybridized carbons (Fsp3) is 0.833. The minimum absolute atomic E-state index is 0. The Bertz CT molecular complexity index is 475. The Morgan fingerprint density at radius 1 is 1.12 bits per heavy atom.